The van der Waals surface area contributed by atoms with Crippen molar-refractivity contribution in [3.8, 4) is 6.07 Å². The second-order valence-corrected chi connectivity index (χ2v) is 9.58. The van der Waals surface area contributed by atoms with Crippen molar-refractivity contribution in [3.63, 3.8) is 0 Å². The van der Waals surface area contributed by atoms with Crippen LogP contribution in [0.2, 0.25) is 0 Å². The van der Waals surface area contributed by atoms with Crippen molar-refractivity contribution >= 4 is 5.78 Å². The van der Waals surface area contributed by atoms with E-state index in [4.69, 9.17) is 0 Å². The molecule has 166 valence electrons. The summed E-state index contributed by atoms with van der Waals surface area (Å²) < 4.78 is 0. The second kappa shape index (κ2) is 13.6. The van der Waals surface area contributed by atoms with Crippen LogP contribution in [0.1, 0.15) is 121 Å². The van der Waals surface area contributed by atoms with Gasteiger partial charge in [0.25, 0.3) is 0 Å². The van der Waals surface area contributed by atoms with E-state index in [1.165, 1.54) is 51.4 Å². The van der Waals surface area contributed by atoms with Crippen LogP contribution < -0.4 is 0 Å². The molecule has 1 aliphatic carbocycles. The smallest absolute Gasteiger partial charge is 0.166 e. The maximum Gasteiger partial charge on any atom is 0.166 e. The van der Waals surface area contributed by atoms with E-state index in [1.807, 2.05) is 30.3 Å². The quantitative estimate of drug-likeness (QED) is 0.228. The highest BCUT2D eigenvalue weighted by Crippen LogP contribution is 2.46. The fraction of sp³-hybridized carbons (Fsp3) is 0.714. The van der Waals surface area contributed by atoms with Crippen LogP contribution in [0.25, 0.3) is 0 Å². The zero-order chi connectivity index (χ0) is 21.7. The lowest BCUT2D eigenvalue weighted by Crippen LogP contribution is -2.32. The van der Waals surface area contributed by atoms with Crippen molar-refractivity contribution in [2.45, 2.75) is 110 Å². The predicted molar refractivity (Wildman–Crippen MR) is 126 cm³/mol. The topological polar surface area (TPSA) is 40.9 Å². The Kier molecular flexibility index (Phi) is 11.2. The molecule has 0 amide bonds. The first-order chi connectivity index (χ1) is 14.7. The number of Topliss-reactive ketones (excluding diaryl/α,β-unsaturated/α-hetero) is 1. The number of nitrogens with zero attached hydrogens (tertiary/aromatic N) is 1. The van der Waals surface area contributed by atoms with Crippen molar-refractivity contribution in [3.05, 3.63) is 35.9 Å². The number of ketones is 1. The summed E-state index contributed by atoms with van der Waals surface area (Å²) in [6.45, 7) is 4.48. The van der Waals surface area contributed by atoms with E-state index in [-0.39, 0.29) is 11.3 Å². The standard InChI is InChI=1S/C28H43NO/c1-3-5-7-9-14-20-28(23-29)21-18-24(19-22-28)26(17-13-8-6-4-2)27(30)25-15-11-10-12-16-25/h10-12,15-16,24,26H,3-9,13-14,17-22H2,1-2H3. The van der Waals surface area contributed by atoms with Crippen LogP contribution in [-0.4, -0.2) is 5.78 Å². The summed E-state index contributed by atoms with van der Waals surface area (Å²) in [5.41, 5.74) is 0.733. The monoisotopic (exact) mass is 409 g/mol. The van der Waals surface area contributed by atoms with E-state index in [1.54, 1.807) is 0 Å². The number of carbonyl (C=O) groups excluding carboxylic acids is 1. The fourth-order valence-corrected chi connectivity index (χ4v) is 5.27. The van der Waals surface area contributed by atoms with Gasteiger partial charge in [-0.15, -0.1) is 0 Å². The van der Waals surface area contributed by atoms with E-state index in [0.29, 0.717) is 11.7 Å². The summed E-state index contributed by atoms with van der Waals surface area (Å²) >= 11 is 0. The lowest BCUT2D eigenvalue weighted by atomic mass is 9.64. The maximum atomic E-state index is 13.3. The Bertz CT molecular complexity index is 636. The first kappa shape index (κ1) is 24.6. The highest BCUT2D eigenvalue weighted by molar-refractivity contribution is 5.98. The highest BCUT2D eigenvalue weighted by atomic mass is 16.1. The van der Waals surface area contributed by atoms with Crippen molar-refractivity contribution in [2.24, 2.45) is 17.3 Å². The van der Waals surface area contributed by atoms with Crippen LogP contribution in [0.4, 0.5) is 0 Å². The van der Waals surface area contributed by atoms with E-state index in [2.05, 4.69) is 19.9 Å². The van der Waals surface area contributed by atoms with Gasteiger partial charge in [0, 0.05) is 11.5 Å². The van der Waals surface area contributed by atoms with Crippen molar-refractivity contribution in [1.82, 2.24) is 0 Å². The Morgan fingerprint density at radius 2 is 1.57 bits per heavy atom. The SMILES string of the molecule is CCCCCCCC1(C#N)CCC(C(CCCCCC)C(=O)c2ccccc2)CC1. The molecule has 1 unspecified atom stereocenters. The third kappa shape index (κ3) is 7.57. The second-order valence-electron chi connectivity index (χ2n) is 9.58. The molecule has 2 heteroatoms. The molecular formula is C28H43NO. The Labute approximate surface area is 185 Å². The number of rotatable bonds is 14. The van der Waals surface area contributed by atoms with Gasteiger partial charge in [-0.2, -0.15) is 5.26 Å². The summed E-state index contributed by atoms with van der Waals surface area (Å²) in [5, 5.41) is 9.94. The molecule has 2 rings (SSSR count). The van der Waals surface area contributed by atoms with Gasteiger partial charge in [0.2, 0.25) is 0 Å². The molecule has 1 aromatic rings. The molecule has 0 saturated heterocycles. The Morgan fingerprint density at radius 3 is 2.17 bits per heavy atom. The highest BCUT2D eigenvalue weighted by Gasteiger charge is 2.39. The molecule has 1 fully saturated rings. The van der Waals surface area contributed by atoms with Crippen molar-refractivity contribution in [2.75, 3.05) is 0 Å². The van der Waals surface area contributed by atoms with Crippen LogP contribution >= 0.6 is 0 Å². The lowest BCUT2D eigenvalue weighted by Gasteiger charge is -2.38. The van der Waals surface area contributed by atoms with E-state index < -0.39 is 0 Å². The van der Waals surface area contributed by atoms with E-state index in [0.717, 1.165) is 50.5 Å². The third-order valence-electron chi connectivity index (χ3n) is 7.32. The van der Waals surface area contributed by atoms with Crippen LogP contribution in [0.3, 0.4) is 0 Å². The number of benzene rings is 1. The molecule has 1 saturated carbocycles. The summed E-state index contributed by atoms with van der Waals surface area (Å²) in [5.74, 6) is 0.910. The zero-order valence-corrected chi connectivity index (χ0v) is 19.5. The number of hydrogen-bond acceptors (Lipinski definition) is 2. The third-order valence-corrected chi connectivity index (χ3v) is 7.32. The minimum absolute atomic E-state index is 0.130. The maximum absolute atomic E-state index is 13.3. The summed E-state index contributed by atoms with van der Waals surface area (Å²) in [4.78, 5) is 13.3. The summed E-state index contributed by atoms with van der Waals surface area (Å²) in [6, 6.07) is 12.6. The van der Waals surface area contributed by atoms with Crippen molar-refractivity contribution < 1.29 is 4.79 Å². The van der Waals surface area contributed by atoms with Gasteiger partial charge in [0.1, 0.15) is 0 Å². The molecule has 0 aliphatic heterocycles. The molecule has 0 radical (unpaired) electrons. The molecular weight excluding hydrogens is 366 g/mol. The van der Waals surface area contributed by atoms with Gasteiger partial charge in [-0.25, -0.2) is 0 Å². The van der Waals surface area contributed by atoms with Crippen LogP contribution in [-0.2, 0) is 0 Å². The number of nitriles is 1. The number of carbonyl (C=O) groups is 1. The van der Waals surface area contributed by atoms with Crippen LogP contribution in [0.5, 0.6) is 0 Å². The molecule has 30 heavy (non-hydrogen) atoms. The predicted octanol–water partition coefficient (Wildman–Crippen LogP) is 8.52. The molecule has 1 atom stereocenters. The Morgan fingerprint density at radius 1 is 0.967 bits per heavy atom. The van der Waals surface area contributed by atoms with Crippen molar-refractivity contribution in [1.29, 1.82) is 5.26 Å². The molecule has 0 spiro atoms. The van der Waals surface area contributed by atoms with Gasteiger partial charge in [-0.1, -0.05) is 102 Å². The molecule has 0 bridgehead atoms. The zero-order valence-electron chi connectivity index (χ0n) is 19.5. The minimum atomic E-state index is -0.134. The van der Waals surface area contributed by atoms with Gasteiger partial charge in [-0.3, -0.25) is 4.79 Å². The van der Waals surface area contributed by atoms with Crippen LogP contribution in [0.15, 0.2) is 30.3 Å². The van der Waals surface area contributed by atoms with Gasteiger partial charge in [0.15, 0.2) is 5.78 Å². The van der Waals surface area contributed by atoms with Crippen LogP contribution in [0, 0.1) is 28.6 Å². The Hall–Kier alpha value is -1.62. The number of unbranched alkanes of at least 4 members (excludes halogenated alkanes) is 7. The first-order valence-electron chi connectivity index (χ1n) is 12.7. The molecule has 0 heterocycles. The van der Waals surface area contributed by atoms with E-state index in [9.17, 15) is 10.1 Å². The normalized spacial score (nSPS) is 22.4. The fourth-order valence-electron chi connectivity index (χ4n) is 5.27. The molecule has 0 aromatic heterocycles. The van der Waals surface area contributed by atoms with Gasteiger partial charge >= 0.3 is 0 Å². The van der Waals surface area contributed by atoms with Gasteiger partial charge in [-0.05, 0) is 44.4 Å². The molecule has 1 aromatic carbocycles. The van der Waals surface area contributed by atoms with Gasteiger partial charge < -0.3 is 0 Å². The average molecular weight is 410 g/mol. The number of hydrogen-bond donors (Lipinski definition) is 0. The minimum Gasteiger partial charge on any atom is -0.294 e. The largest absolute Gasteiger partial charge is 0.294 e. The van der Waals surface area contributed by atoms with Gasteiger partial charge in [0.05, 0.1) is 11.5 Å². The molecule has 0 N–H and O–H groups in total. The average Bonchev–Trinajstić information content (AvgIpc) is 2.80. The lowest BCUT2D eigenvalue weighted by molar-refractivity contribution is 0.0778. The summed E-state index contributed by atoms with van der Waals surface area (Å²) in [6.07, 6.45) is 17.3. The van der Waals surface area contributed by atoms with E-state index >= 15 is 0 Å². The summed E-state index contributed by atoms with van der Waals surface area (Å²) in [7, 11) is 0. The molecule has 1 aliphatic rings. The molecule has 2 nitrogen and oxygen atoms in total. The first-order valence-corrected chi connectivity index (χ1v) is 12.7. The Balaban J connectivity index is 1.97.